The zero-order chi connectivity index (χ0) is 19.0. The van der Waals surface area contributed by atoms with Gasteiger partial charge in [-0.1, -0.05) is 6.42 Å². The van der Waals surface area contributed by atoms with Crippen LogP contribution in [0.1, 0.15) is 35.2 Å². The molecule has 0 unspecified atom stereocenters. The lowest BCUT2D eigenvalue weighted by molar-refractivity contribution is 0.0989. The number of hydrogen-bond acceptors (Lipinski definition) is 3. The number of hydrogen-bond donors (Lipinski definition) is 0. The number of anilines is 1. The van der Waals surface area contributed by atoms with E-state index in [2.05, 4.69) is 0 Å². The minimum atomic E-state index is -3.49. The van der Waals surface area contributed by atoms with Crippen LogP contribution < -0.4 is 4.90 Å². The number of amides is 1. The van der Waals surface area contributed by atoms with Gasteiger partial charge in [-0.05, 0) is 67.3 Å². The molecule has 1 fully saturated rings. The van der Waals surface area contributed by atoms with Gasteiger partial charge in [0.05, 0.1) is 4.90 Å². The zero-order valence-corrected chi connectivity index (χ0v) is 15.7. The summed E-state index contributed by atoms with van der Waals surface area (Å²) < 4.78 is 40.4. The van der Waals surface area contributed by atoms with Gasteiger partial charge in [-0.3, -0.25) is 4.79 Å². The van der Waals surface area contributed by atoms with Crippen molar-refractivity contribution in [2.75, 3.05) is 24.5 Å². The standard InChI is InChI=1S/C20H21FN2O3S/c21-17-6-4-15(5-7-17)20(24)23-13-10-16-14-18(8-9-19(16)23)27(25,26)22-11-2-1-3-12-22/h4-9,14H,1-3,10-13H2. The number of benzene rings is 2. The maximum atomic E-state index is 13.1. The molecule has 0 bridgehead atoms. The average Bonchev–Trinajstić information content (AvgIpc) is 3.12. The van der Waals surface area contributed by atoms with Crippen LogP contribution in [0.15, 0.2) is 47.4 Å². The molecule has 2 aromatic rings. The molecule has 0 aromatic heterocycles. The van der Waals surface area contributed by atoms with Gasteiger partial charge in [0.1, 0.15) is 5.82 Å². The normalized spacial score (nSPS) is 17.7. The van der Waals surface area contributed by atoms with E-state index in [1.807, 2.05) is 0 Å². The molecule has 2 heterocycles. The van der Waals surface area contributed by atoms with Gasteiger partial charge >= 0.3 is 0 Å². The lowest BCUT2D eigenvalue weighted by Crippen LogP contribution is -2.35. The van der Waals surface area contributed by atoms with Gasteiger partial charge in [0, 0.05) is 30.9 Å². The Bertz CT molecular complexity index is 967. The fraction of sp³-hybridized carbons (Fsp3) is 0.350. The van der Waals surface area contributed by atoms with Gasteiger partial charge in [0.2, 0.25) is 10.0 Å². The number of rotatable bonds is 3. The molecular weight excluding hydrogens is 367 g/mol. The van der Waals surface area contributed by atoms with E-state index < -0.39 is 10.0 Å². The third-order valence-electron chi connectivity index (χ3n) is 5.24. The first-order valence-corrected chi connectivity index (χ1v) is 10.6. The van der Waals surface area contributed by atoms with Crippen molar-refractivity contribution in [3.8, 4) is 0 Å². The van der Waals surface area contributed by atoms with Crippen LogP contribution in [0.3, 0.4) is 0 Å². The first-order valence-electron chi connectivity index (χ1n) is 9.17. The van der Waals surface area contributed by atoms with Crippen LogP contribution in [0.2, 0.25) is 0 Å². The van der Waals surface area contributed by atoms with Crippen molar-refractivity contribution in [1.29, 1.82) is 0 Å². The van der Waals surface area contributed by atoms with E-state index in [1.54, 1.807) is 27.4 Å². The van der Waals surface area contributed by atoms with E-state index in [1.165, 1.54) is 24.3 Å². The van der Waals surface area contributed by atoms with Gasteiger partial charge in [0.15, 0.2) is 0 Å². The van der Waals surface area contributed by atoms with E-state index in [9.17, 15) is 17.6 Å². The molecule has 1 saturated heterocycles. The van der Waals surface area contributed by atoms with E-state index in [4.69, 9.17) is 0 Å². The highest BCUT2D eigenvalue weighted by atomic mass is 32.2. The minimum absolute atomic E-state index is 0.208. The largest absolute Gasteiger partial charge is 0.308 e. The molecule has 4 rings (SSSR count). The summed E-state index contributed by atoms with van der Waals surface area (Å²) in [6.45, 7) is 1.61. The van der Waals surface area contributed by atoms with Crippen LogP contribution in [0.25, 0.3) is 0 Å². The van der Waals surface area contributed by atoms with Crippen LogP contribution in [-0.2, 0) is 16.4 Å². The number of carbonyl (C=O) groups is 1. The van der Waals surface area contributed by atoms with Crippen LogP contribution >= 0.6 is 0 Å². The Kier molecular flexibility index (Phi) is 4.74. The number of fused-ring (bicyclic) bond motifs is 1. The summed E-state index contributed by atoms with van der Waals surface area (Å²) in [7, 11) is -3.49. The van der Waals surface area contributed by atoms with Crippen molar-refractivity contribution in [1.82, 2.24) is 4.31 Å². The summed E-state index contributed by atoms with van der Waals surface area (Å²) in [6.07, 6.45) is 3.45. The van der Waals surface area contributed by atoms with Crippen molar-refractivity contribution >= 4 is 21.6 Å². The fourth-order valence-corrected chi connectivity index (χ4v) is 5.32. The molecule has 0 aliphatic carbocycles. The van der Waals surface area contributed by atoms with Crippen LogP contribution in [-0.4, -0.2) is 38.3 Å². The van der Waals surface area contributed by atoms with Crippen molar-refractivity contribution in [2.24, 2.45) is 0 Å². The first-order chi connectivity index (χ1) is 13.0. The molecule has 27 heavy (non-hydrogen) atoms. The molecule has 142 valence electrons. The summed E-state index contributed by atoms with van der Waals surface area (Å²) in [4.78, 5) is 14.6. The Balaban J connectivity index is 1.60. The Morgan fingerprint density at radius 2 is 1.63 bits per heavy atom. The summed E-state index contributed by atoms with van der Waals surface area (Å²) in [5.41, 5.74) is 1.99. The van der Waals surface area contributed by atoms with Crippen molar-refractivity contribution in [2.45, 2.75) is 30.6 Å². The third-order valence-corrected chi connectivity index (χ3v) is 7.13. The predicted octanol–water partition coefficient (Wildman–Crippen LogP) is 3.20. The molecule has 0 radical (unpaired) electrons. The van der Waals surface area contributed by atoms with Crippen LogP contribution in [0.4, 0.5) is 10.1 Å². The topological polar surface area (TPSA) is 57.7 Å². The first kappa shape index (κ1) is 18.1. The van der Waals surface area contributed by atoms with E-state index >= 15 is 0 Å². The second kappa shape index (κ2) is 7.05. The number of carbonyl (C=O) groups excluding carboxylic acids is 1. The lowest BCUT2D eigenvalue weighted by atomic mass is 10.1. The summed E-state index contributed by atoms with van der Waals surface area (Å²) in [6, 6.07) is 10.4. The molecule has 7 heteroatoms. The Morgan fingerprint density at radius 3 is 2.33 bits per heavy atom. The second-order valence-electron chi connectivity index (χ2n) is 6.97. The van der Waals surface area contributed by atoms with Gasteiger partial charge in [0.25, 0.3) is 5.91 Å². The van der Waals surface area contributed by atoms with Gasteiger partial charge in [-0.25, -0.2) is 12.8 Å². The Labute approximate surface area is 158 Å². The SMILES string of the molecule is O=C(c1ccc(F)cc1)N1CCc2cc(S(=O)(=O)N3CCCCC3)ccc21. The number of sulfonamides is 1. The van der Waals surface area contributed by atoms with Crippen molar-refractivity contribution < 1.29 is 17.6 Å². The second-order valence-corrected chi connectivity index (χ2v) is 8.91. The summed E-state index contributed by atoms with van der Waals surface area (Å²) in [5.74, 6) is -0.596. The maximum Gasteiger partial charge on any atom is 0.258 e. The molecule has 2 aromatic carbocycles. The highest BCUT2D eigenvalue weighted by Gasteiger charge is 2.30. The molecule has 0 atom stereocenters. The van der Waals surface area contributed by atoms with Crippen molar-refractivity contribution in [3.63, 3.8) is 0 Å². The van der Waals surface area contributed by atoms with Crippen LogP contribution in [0, 0.1) is 5.82 Å². The predicted molar refractivity (Wildman–Crippen MR) is 101 cm³/mol. The third kappa shape index (κ3) is 3.37. The average molecular weight is 388 g/mol. The molecule has 0 saturated carbocycles. The minimum Gasteiger partial charge on any atom is -0.308 e. The molecule has 1 amide bonds. The Hall–Kier alpha value is -2.25. The number of halogens is 1. The molecule has 2 aliphatic rings. The quantitative estimate of drug-likeness (QED) is 0.811. The Morgan fingerprint density at radius 1 is 0.926 bits per heavy atom. The lowest BCUT2D eigenvalue weighted by Gasteiger charge is -2.26. The molecule has 0 spiro atoms. The number of nitrogens with zero attached hydrogens (tertiary/aromatic N) is 2. The number of piperidine rings is 1. The monoisotopic (exact) mass is 388 g/mol. The van der Waals surface area contributed by atoms with E-state index in [-0.39, 0.29) is 11.7 Å². The maximum absolute atomic E-state index is 13.1. The molecule has 5 nitrogen and oxygen atoms in total. The molecular formula is C20H21FN2O3S. The van der Waals surface area contributed by atoms with Crippen LogP contribution in [0.5, 0.6) is 0 Å². The fourth-order valence-electron chi connectivity index (χ4n) is 3.75. The summed E-state index contributed by atoms with van der Waals surface area (Å²) in [5, 5.41) is 0. The van der Waals surface area contributed by atoms with Gasteiger partial charge in [-0.15, -0.1) is 0 Å². The highest BCUT2D eigenvalue weighted by Crippen LogP contribution is 2.32. The van der Waals surface area contributed by atoms with Crippen molar-refractivity contribution in [3.05, 3.63) is 59.4 Å². The van der Waals surface area contributed by atoms with Gasteiger partial charge < -0.3 is 4.90 Å². The molecule has 2 aliphatic heterocycles. The highest BCUT2D eigenvalue weighted by molar-refractivity contribution is 7.89. The molecule has 0 N–H and O–H groups in total. The van der Waals surface area contributed by atoms with E-state index in [0.717, 1.165) is 30.5 Å². The van der Waals surface area contributed by atoms with Gasteiger partial charge in [-0.2, -0.15) is 4.31 Å². The smallest absolute Gasteiger partial charge is 0.258 e. The van der Waals surface area contributed by atoms with E-state index in [0.29, 0.717) is 36.5 Å². The summed E-state index contributed by atoms with van der Waals surface area (Å²) >= 11 is 0. The zero-order valence-electron chi connectivity index (χ0n) is 14.9.